The largest absolute Gasteiger partial charge is 0.464 e. The monoisotopic (exact) mass is 122 g/mol. The summed E-state index contributed by atoms with van der Waals surface area (Å²) in [5, 5.41) is 9.59. The van der Waals surface area contributed by atoms with Gasteiger partial charge in [0, 0.05) is 0 Å². The molecule has 4 heteroatoms. The molecule has 0 aliphatic carbocycles. The van der Waals surface area contributed by atoms with Crippen LogP contribution in [0.3, 0.4) is 0 Å². The van der Waals surface area contributed by atoms with E-state index in [1.807, 2.05) is 0 Å². The first-order valence-corrected chi connectivity index (χ1v) is 1.80. The van der Waals surface area contributed by atoms with Crippen LogP contribution in [0.1, 0.15) is 0 Å². The molecular formula is C3H7ClN2O. The summed E-state index contributed by atoms with van der Waals surface area (Å²) < 4.78 is 4.62. The molecule has 0 atom stereocenters. The van der Waals surface area contributed by atoms with E-state index in [0.29, 0.717) is 19.2 Å². The molecule has 0 aromatic heterocycles. The highest BCUT2D eigenvalue weighted by Gasteiger charge is 2.02. The fourth-order valence-electron chi connectivity index (χ4n) is 0.354. The average molecular weight is 123 g/mol. The van der Waals surface area contributed by atoms with Crippen LogP contribution in [0.2, 0.25) is 0 Å². The van der Waals surface area contributed by atoms with Gasteiger partial charge in [0.1, 0.15) is 6.73 Å². The zero-order valence-electron chi connectivity index (χ0n) is 3.73. The Balaban J connectivity index is 0.000000360. The van der Waals surface area contributed by atoms with Crippen LogP contribution in [0.25, 0.3) is 0 Å². The van der Waals surface area contributed by atoms with E-state index < -0.39 is 0 Å². The normalized spacial score (nSPS) is 18.0. The van der Waals surface area contributed by atoms with E-state index in [2.05, 4.69) is 10.1 Å². The van der Waals surface area contributed by atoms with Crippen LogP contribution in [-0.4, -0.2) is 19.2 Å². The van der Waals surface area contributed by atoms with Crippen molar-refractivity contribution in [1.82, 2.24) is 5.32 Å². The summed E-state index contributed by atoms with van der Waals surface area (Å²) in [7, 11) is 0. The van der Waals surface area contributed by atoms with Crippen molar-refractivity contribution < 1.29 is 4.74 Å². The molecule has 0 unspecified atom stereocenters. The third-order valence-corrected chi connectivity index (χ3v) is 0.634. The van der Waals surface area contributed by atoms with Crippen LogP contribution >= 0.6 is 12.4 Å². The quantitative estimate of drug-likeness (QED) is 0.474. The number of hydrogen-bond acceptors (Lipinski definition) is 3. The van der Waals surface area contributed by atoms with Gasteiger partial charge in [0.2, 0.25) is 0 Å². The van der Waals surface area contributed by atoms with Crippen molar-refractivity contribution in [2.24, 2.45) is 0 Å². The number of hydrogen-bond donors (Lipinski definition) is 2. The summed E-state index contributed by atoms with van der Waals surface area (Å²) in [6.45, 7) is 1.11. The minimum absolute atomic E-state index is 0. The summed E-state index contributed by atoms with van der Waals surface area (Å²) in [6, 6.07) is 0. The topological polar surface area (TPSA) is 45.1 Å². The van der Waals surface area contributed by atoms with Crippen molar-refractivity contribution in [1.29, 1.82) is 5.41 Å². The van der Waals surface area contributed by atoms with Crippen LogP contribution < -0.4 is 5.32 Å². The standard InChI is InChI=1S/C3H6N2O.ClH/c4-3-1-5-2-6-3;/h4-5H,1-2H2;1H. The number of ether oxygens (including phenoxy) is 1. The molecule has 1 heterocycles. The lowest BCUT2D eigenvalue weighted by atomic mass is 10.7. The zero-order chi connectivity index (χ0) is 4.41. The average Bonchev–Trinajstić information content (AvgIpc) is 1.86. The summed E-state index contributed by atoms with van der Waals surface area (Å²) in [6.07, 6.45) is 0. The first kappa shape index (κ1) is 6.72. The van der Waals surface area contributed by atoms with E-state index in [-0.39, 0.29) is 12.4 Å². The Bertz CT molecular complexity index is 67.3. The molecule has 42 valence electrons. The molecule has 1 aliphatic rings. The van der Waals surface area contributed by atoms with Crippen LogP contribution in [0.5, 0.6) is 0 Å². The molecule has 0 amide bonds. The SMILES string of the molecule is Cl.N=C1CNCO1. The van der Waals surface area contributed by atoms with E-state index in [0.717, 1.165) is 0 Å². The second-order valence-corrected chi connectivity index (χ2v) is 1.14. The maximum absolute atomic E-state index is 6.76. The summed E-state index contributed by atoms with van der Waals surface area (Å²) in [5.74, 6) is 0.343. The lowest BCUT2D eigenvalue weighted by Gasteiger charge is -1.83. The molecule has 0 spiro atoms. The lowest BCUT2D eigenvalue weighted by molar-refractivity contribution is 0.324. The van der Waals surface area contributed by atoms with Crippen LogP contribution in [0, 0.1) is 5.41 Å². The van der Waals surface area contributed by atoms with Gasteiger partial charge in [0.05, 0.1) is 6.54 Å². The van der Waals surface area contributed by atoms with Gasteiger partial charge in [-0.3, -0.25) is 10.7 Å². The molecule has 0 aromatic carbocycles. The second-order valence-electron chi connectivity index (χ2n) is 1.14. The third kappa shape index (κ3) is 1.75. The molecule has 2 N–H and O–H groups in total. The molecule has 3 nitrogen and oxygen atoms in total. The van der Waals surface area contributed by atoms with Crippen LogP contribution in [0.15, 0.2) is 0 Å². The Morgan fingerprint density at radius 2 is 2.43 bits per heavy atom. The molecule has 0 aromatic rings. The Morgan fingerprint density at radius 1 is 1.71 bits per heavy atom. The van der Waals surface area contributed by atoms with E-state index in [4.69, 9.17) is 5.41 Å². The maximum atomic E-state index is 6.76. The van der Waals surface area contributed by atoms with Gasteiger partial charge in [-0.15, -0.1) is 12.4 Å². The van der Waals surface area contributed by atoms with Gasteiger partial charge < -0.3 is 4.74 Å². The zero-order valence-corrected chi connectivity index (χ0v) is 4.55. The fourth-order valence-corrected chi connectivity index (χ4v) is 0.354. The maximum Gasteiger partial charge on any atom is 0.196 e. The van der Waals surface area contributed by atoms with Gasteiger partial charge in [-0.25, -0.2) is 0 Å². The van der Waals surface area contributed by atoms with Crippen molar-refractivity contribution in [3.8, 4) is 0 Å². The van der Waals surface area contributed by atoms with E-state index >= 15 is 0 Å². The second kappa shape index (κ2) is 2.82. The predicted molar refractivity (Wildman–Crippen MR) is 28.9 cm³/mol. The van der Waals surface area contributed by atoms with Crippen LogP contribution in [0.4, 0.5) is 0 Å². The molecule has 0 bridgehead atoms. The Labute approximate surface area is 48.0 Å². The summed E-state index contributed by atoms with van der Waals surface area (Å²) in [4.78, 5) is 0. The minimum Gasteiger partial charge on any atom is -0.464 e. The van der Waals surface area contributed by atoms with Crippen molar-refractivity contribution in [3.63, 3.8) is 0 Å². The van der Waals surface area contributed by atoms with Crippen molar-refractivity contribution >= 4 is 18.3 Å². The Kier molecular flexibility index (Phi) is 2.71. The van der Waals surface area contributed by atoms with Crippen molar-refractivity contribution in [2.75, 3.05) is 13.3 Å². The third-order valence-electron chi connectivity index (χ3n) is 0.634. The molecule has 1 saturated heterocycles. The molecule has 0 saturated carbocycles. The molecule has 1 aliphatic heterocycles. The van der Waals surface area contributed by atoms with E-state index in [1.165, 1.54) is 0 Å². The highest BCUT2D eigenvalue weighted by Crippen LogP contribution is 1.80. The Morgan fingerprint density at radius 3 is 2.57 bits per heavy atom. The van der Waals surface area contributed by atoms with Gasteiger partial charge in [-0.05, 0) is 0 Å². The smallest absolute Gasteiger partial charge is 0.196 e. The number of nitrogens with one attached hydrogen (secondary N) is 2. The van der Waals surface area contributed by atoms with Gasteiger partial charge >= 0.3 is 0 Å². The highest BCUT2D eigenvalue weighted by atomic mass is 35.5. The summed E-state index contributed by atoms with van der Waals surface area (Å²) in [5.41, 5.74) is 0. The molecule has 1 fully saturated rings. The lowest BCUT2D eigenvalue weighted by Crippen LogP contribution is -2.07. The first-order valence-electron chi connectivity index (χ1n) is 1.80. The van der Waals surface area contributed by atoms with E-state index in [1.54, 1.807) is 0 Å². The van der Waals surface area contributed by atoms with Gasteiger partial charge in [-0.2, -0.15) is 0 Å². The molecule has 1 rings (SSSR count). The van der Waals surface area contributed by atoms with Crippen molar-refractivity contribution in [3.05, 3.63) is 0 Å². The predicted octanol–water partition coefficient (Wildman–Crippen LogP) is -0.0372. The first-order chi connectivity index (χ1) is 2.89. The van der Waals surface area contributed by atoms with Gasteiger partial charge in [-0.1, -0.05) is 0 Å². The van der Waals surface area contributed by atoms with Gasteiger partial charge in [0.15, 0.2) is 5.90 Å². The van der Waals surface area contributed by atoms with E-state index in [9.17, 15) is 0 Å². The molecule has 0 radical (unpaired) electrons. The molecule has 7 heavy (non-hydrogen) atoms. The number of rotatable bonds is 0. The minimum atomic E-state index is 0. The highest BCUT2D eigenvalue weighted by molar-refractivity contribution is 5.85. The van der Waals surface area contributed by atoms with Gasteiger partial charge in [0.25, 0.3) is 0 Å². The molecular weight excluding hydrogens is 115 g/mol. The van der Waals surface area contributed by atoms with Crippen LogP contribution in [-0.2, 0) is 4.74 Å². The fraction of sp³-hybridized carbons (Fsp3) is 0.667. The number of halogens is 1. The summed E-state index contributed by atoms with van der Waals surface area (Å²) >= 11 is 0. The van der Waals surface area contributed by atoms with Crippen molar-refractivity contribution in [2.45, 2.75) is 0 Å². The Hall–Kier alpha value is -0.280.